The van der Waals surface area contributed by atoms with Crippen LogP contribution in [0.15, 0.2) is 66.2 Å². The van der Waals surface area contributed by atoms with Gasteiger partial charge in [0.2, 0.25) is 0 Å². The summed E-state index contributed by atoms with van der Waals surface area (Å²) in [6.45, 7) is 2.43. The molecule has 1 amide bonds. The number of hydrogen-bond donors (Lipinski definition) is 2. The molecule has 0 saturated carbocycles. The van der Waals surface area contributed by atoms with Crippen molar-refractivity contribution < 1.29 is 4.79 Å². The van der Waals surface area contributed by atoms with Crippen LogP contribution in [0.25, 0.3) is 10.9 Å². The van der Waals surface area contributed by atoms with Crippen LogP contribution in [0.2, 0.25) is 5.02 Å². The minimum atomic E-state index is -0.0425. The van der Waals surface area contributed by atoms with E-state index in [1.807, 2.05) is 61.0 Å². The third kappa shape index (κ3) is 3.51. The van der Waals surface area contributed by atoms with Crippen LogP contribution in [0.1, 0.15) is 32.3 Å². The number of halogens is 1. The molecule has 0 fully saturated rings. The first kappa shape index (κ1) is 17.8. The minimum absolute atomic E-state index is 0.0422. The molecule has 4 rings (SSSR count). The number of H-pyrrole nitrogens is 1. The quantitative estimate of drug-likeness (QED) is 0.444. The number of para-hydroxylation sites is 1. The molecule has 1 atom stereocenters. The van der Waals surface area contributed by atoms with Gasteiger partial charge in [0.25, 0.3) is 5.91 Å². The summed E-state index contributed by atoms with van der Waals surface area (Å²) in [6, 6.07) is 18.0. The van der Waals surface area contributed by atoms with Gasteiger partial charge in [-0.1, -0.05) is 48.0 Å². The van der Waals surface area contributed by atoms with Gasteiger partial charge in [-0.3, -0.25) is 4.79 Å². The highest BCUT2D eigenvalue weighted by molar-refractivity contribution is 7.12. The van der Waals surface area contributed by atoms with Crippen molar-refractivity contribution in [1.82, 2.24) is 10.3 Å². The molecule has 5 heteroatoms. The summed E-state index contributed by atoms with van der Waals surface area (Å²) in [4.78, 5) is 16.7. The first-order chi connectivity index (χ1) is 13.1. The molecule has 3 nitrogen and oxygen atoms in total. The van der Waals surface area contributed by atoms with Crippen molar-refractivity contribution in [2.75, 3.05) is 6.54 Å². The highest BCUT2D eigenvalue weighted by Crippen LogP contribution is 2.34. The zero-order valence-corrected chi connectivity index (χ0v) is 16.4. The van der Waals surface area contributed by atoms with Gasteiger partial charge in [-0.2, -0.15) is 0 Å². The number of amides is 1. The smallest absolute Gasteiger partial charge is 0.261 e. The number of thiophene rings is 1. The zero-order chi connectivity index (χ0) is 18.8. The number of aromatic amines is 1. The Morgan fingerprint density at radius 1 is 1.11 bits per heavy atom. The third-order valence-corrected chi connectivity index (χ3v) is 6.17. The van der Waals surface area contributed by atoms with Gasteiger partial charge in [0.15, 0.2) is 0 Å². The Bertz CT molecular complexity index is 1100. The van der Waals surface area contributed by atoms with E-state index < -0.39 is 0 Å². The molecule has 2 heterocycles. The molecule has 1 unspecified atom stereocenters. The average Bonchev–Trinajstić information content (AvgIpc) is 3.30. The lowest BCUT2D eigenvalue weighted by molar-refractivity contribution is 0.0956. The third-order valence-electron chi connectivity index (χ3n) is 4.81. The van der Waals surface area contributed by atoms with Crippen molar-refractivity contribution in [1.29, 1.82) is 0 Å². The molecule has 2 aromatic heterocycles. The fraction of sp³-hybridized carbons (Fsp3) is 0.136. The highest BCUT2D eigenvalue weighted by atomic mass is 35.5. The summed E-state index contributed by atoms with van der Waals surface area (Å²) in [5, 5.41) is 6.89. The number of carbonyl (C=O) groups is 1. The minimum Gasteiger partial charge on any atom is -0.361 e. The predicted octanol–water partition coefficient (Wildman–Crippen LogP) is 5.75. The molecule has 2 aromatic carbocycles. The first-order valence-corrected chi connectivity index (χ1v) is 10.0. The first-order valence-electron chi connectivity index (χ1n) is 8.78. The summed E-state index contributed by atoms with van der Waals surface area (Å²) in [6.07, 6.45) is 2.02. The van der Waals surface area contributed by atoms with Gasteiger partial charge in [-0.25, -0.2) is 0 Å². The maximum Gasteiger partial charge on any atom is 0.261 e. The largest absolute Gasteiger partial charge is 0.361 e. The molecular formula is C22H19ClN2OS. The number of aromatic nitrogens is 1. The van der Waals surface area contributed by atoms with Gasteiger partial charge in [0.1, 0.15) is 0 Å². The lowest BCUT2D eigenvalue weighted by Crippen LogP contribution is -2.28. The Labute approximate surface area is 167 Å². The van der Waals surface area contributed by atoms with Crippen LogP contribution in [0.3, 0.4) is 0 Å². The van der Waals surface area contributed by atoms with E-state index in [4.69, 9.17) is 11.6 Å². The van der Waals surface area contributed by atoms with Crippen molar-refractivity contribution in [2.24, 2.45) is 0 Å². The molecule has 0 spiro atoms. The molecule has 4 aromatic rings. The highest BCUT2D eigenvalue weighted by Gasteiger charge is 2.22. The SMILES string of the molecule is Cc1ccsc1C(=O)NCC(c1ccccc1Cl)c1c[nH]c2ccccc12. The fourth-order valence-corrected chi connectivity index (χ4v) is 4.52. The van der Waals surface area contributed by atoms with Gasteiger partial charge in [-0.15, -0.1) is 11.3 Å². The molecule has 136 valence electrons. The van der Waals surface area contributed by atoms with Crippen LogP contribution in [-0.4, -0.2) is 17.4 Å². The van der Waals surface area contributed by atoms with Crippen LogP contribution in [-0.2, 0) is 0 Å². The zero-order valence-electron chi connectivity index (χ0n) is 14.8. The van der Waals surface area contributed by atoms with E-state index in [1.165, 1.54) is 11.3 Å². The van der Waals surface area contributed by atoms with E-state index in [0.29, 0.717) is 11.6 Å². The molecule has 0 aliphatic rings. The van der Waals surface area contributed by atoms with E-state index in [2.05, 4.69) is 22.4 Å². The Balaban J connectivity index is 1.70. The summed E-state index contributed by atoms with van der Waals surface area (Å²) in [5.41, 5.74) is 4.21. The Morgan fingerprint density at radius 3 is 2.67 bits per heavy atom. The monoisotopic (exact) mass is 394 g/mol. The summed E-state index contributed by atoms with van der Waals surface area (Å²) >= 11 is 7.97. The van der Waals surface area contributed by atoms with Gasteiger partial charge >= 0.3 is 0 Å². The maximum absolute atomic E-state index is 12.6. The maximum atomic E-state index is 12.6. The van der Waals surface area contributed by atoms with Crippen LogP contribution in [0.5, 0.6) is 0 Å². The number of rotatable bonds is 5. The molecule has 0 aliphatic heterocycles. The average molecular weight is 395 g/mol. The molecule has 0 radical (unpaired) electrons. The molecular weight excluding hydrogens is 376 g/mol. The van der Waals surface area contributed by atoms with Crippen LogP contribution < -0.4 is 5.32 Å². The standard InChI is InChI=1S/C22H19ClN2OS/c1-14-10-11-27-21(14)22(26)25-13-17(15-6-2-4-8-19(15)23)18-12-24-20-9-5-3-7-16(18)20/h2-12,17,24H,13H2,1H3,(H,25,26). The lowest BCUT2D eigenvalue weighted by Gasteiger charge is -2.19. The Kier molecular flexibility index (Phi) is 5.01. The van der Waals surface area contributed by atoms with Crippen LogP contribution >= 0.6 is 22.9 Å². The van der Waals surface area contributed by atoms with Gasteiger partial charge in [0.05, 0.1) is 4.88 Å². The molecule has 0 aliphatic carbocycles. The van der Waals surface area contributed by atoms with Crippen LogP contribution in [0, 0.1) is 6.92 Å². The Morgan fingerprint density at radius 2 is 1.89 bits per heavy atom. The topological polar surface area (TPSA) is 44.9 Å². The number of aryl methyl sites for hydroxylation is 1. The second-order valence-electron chi connectivity index (χ2n) is 6.51. The van der Waals surface area contributed by atoms with Crippen molar-refractivity contribution in [2.45, 2.75) is 12.8 Å². The number of benzene rings is 2. The number of hydrogen-bond acceptors (Lipinski definition) is 2. The van der Waals surface area contributed by atoms with Gasteiger partial charge in [-0.05, 0) is 47.2 Å². The van der Waals surface area contributed by atoms with Crippen molar-refractivity contribution in [3.05, 3.63) is 92.8 Å². The number of carbonyl (C=O) groups excluding carboxylic acids is 1. The van der Waals surface area contributed by atoms with E-state index in [1.54, 1.807) is 0 Å². The second kappa shape index (κ2) is 7.59. The number of fused-ring (bicyclic) bond motifs is 1. The summed E-state index contributed by atoms with van der Waals surface area (Å²) in [5.74, 6) is -0.0848. The number of nitrogens with one attached hydrogen (secondary N) is 2. The van der Waals surface area contributed by atoms with Crippen molar-refractivity contribution in [3.63, 3.8) is 0 Å². The van der Waals surface area contributed by atoms with Gasteiger partial charge < -0.3 is 10.3 Å². The second-order valence-corrected chi connectivity index (χ2v) is 7.83. The van der Waals surface area contributed by atoms with Crippen molar-refractivity contribution >= 4 is 39.7 Å². The fourth-order valence-electron chi connectivity index (χ4n) is 3.41. The van der Waals surface area contributed by atoms with Crippen LogP contribution in [0.4, 0.5) is 0 Å². The van der Waals surface area contributed by atoms with E-state index in [9.17, 15) is 4.79 Å². The van der Waals surface area contributed by atoms with Crippen molar-refractivity contribution in [3.8, 4) is 0 Å². The lowest BCUT2D eigenvalue weighted by atomic mass is 9.90. The van der Waals surface area contributed by atoms with E-state index in [-0.39, 0.29) is 11.8 Å². The normalized spacial score (nSPS) is 12.2. The van der Waals surface area contributed by atoms with Gasteiger partial charge in [0, 0.05) is 34.6 Å². The molecule has 27 heavy (non-hydrogen) atoms. The Hall–Kier alpha value is -2.56. The molecule has 2 N–H and O–H groups in total. The van der Waals surface area contributed by atoms with E-state index in [0.717, 1.165) is 32.5 Å². The van der Waals surface area contributed by atoms with E-state index >= 15 is 0 Å². The summed E-state index contributed by atoms with van der Waals surface area (Å²) in [7, 11) is 0. The summed E-state index contributed by atoms with van der Waals surface area (Å²) < 4.78 is 0. The molecule has 0 bridgehead atoms. The molecule has 0 saturated heterocycles. The predicted molar refractivity (Wildman–Crippen MR) is 113 cm³/mol.